The first-order valence-corrected chi connectivity index (χ1v) is 3.79. The van der Waals surface area contributed by atoms with Crippen molar-refractivity contribution in [1.82, 2.24) is 0 Å². The Bertz CT molecular complexity index is 158. The largest absolute Gasteiger partial charge is 0.388 e. The molecule has 0 aliphatic heterocycles. The molecule has 1 aliphatic carbocycles. The van der Waals surface area contributed by atoms with Gasteiger partial charge in [-0.3, -0.25) is 0 Å². The monoisotopic (exact) mass is 138 g/mol. The van der Waals surface area contributed by atoms with E-state index < -0.39 is 0 Å². The molecule has 0 radical (unpaired) electrons. The SMILES string of the molecule is C=C1C=CC(CC)CC1O. The summed E-state index contributed by atoms with van der Waals surface area (Å²) in [5, 5.41) is 9.33. The Kier molecular flexibility index (Phi) is 2.28. The zero-order chi connectivity index (χ0) is 7.56. The van der Waals surface area contributed by atoms with Gasteiger partial charge in [-0.15, -0.1) is 0 Å². The van der Waals surface area contributed by atoms with Crippen molar-refractivity contribution in [1.29, 1.82) is 0 Å². The van der Waals surface area contributed by atoms with Crippen LogP contribution >= 0.6 is 0 Å². The third-order valence-corrected chi connectivity index (χ3v) is 2.06. The van der Waals surface area contributed by atoms with Crippen LogP contribution in [0.2, 0.25) is 0 Å². The lowest BCUT2D eigenvalue weighted by Crippen LogP contribution is -2.16. The molecule has 0 saturated carbocycles. The van der Waals surface area contributed by atoms with Gasteiger partial charge in [0.1, 0.15) is 0 Å². The van der Waals surface area contributed by atoms with Crippen molar-refractivity contribution in [2.45, 2.75) is 25.9 Å². The molecule has 2 unspecified atom stereocenters. The molecule has 1 N–H and O–H groups in total. The molecular weight excluding hydrogens is 124 g/mol. The molecule has 1 aliphatic rings. The minimum Gasteiger partial charge on any atom is -0.388 e. The second-order valence-electron chi connectivity index (χ2n) is 2.85. The molecule has 0 aromatic carbocycles. The average Bonchev–Trinajstić information content (AvgIpc) is 1.95. The van der Waals surface area contributed by atoms with E-state index >= 15 is 0 Å². The third-order valence-electron chi connectivity index (χ3n) is 2.06. The van der Waals surface area contributed by atoms with E-state index in [1.807, 2.05) is 6.08 Å². The first-order chi connectivity index (χ1) is 4.74. The van der Waals surface area contributed by atoms with E-state index in [9.17, 15) is 5.11 Å². The molecule has 1 nitrogen and oxygen atoms in total. The Hall–Kier alpha value is -0.560. The maximum Gasteiger partial charge on any atom is 0.0789 e. The lowest BCUT2D eigenvalue weighted by atomic mass is 9.89. The Balaban J connectivity index is 2.59. The van der Waals surface area contributed by atoms with Gasteiger partial charge in [-0.2, -0.15) is 0 Å². The molecule has 2 atom stereocenters. The van der Waals surface area contributed by atoms with Gasteiger partial charge < -0.3 is 5.11 Å². The molecule has 0 heterocycles. The van der Waals surface area contributed by atoms with Crippen LogP contribution in [0.5, 0.6) is 0 Å². The molecule has 0 aromatic heterocycles. The smallest absolute Gasteiger partial charge is 0.0789 e. The minimum absolute atomic E-state index is 0.296. The standard InChI is InChI=1S/C9H14O/c1-3-8-5-4-7(2)9(10)6-8/h4-5,8-10H,2-3,6H2,1H3. The number of hydrogen-bond donors (Lipinski definition) is 1. The van der Waals surface area contributed by atoms with E-state index in [4.69, 9.17) is 0 Å². The fourth-order valence-corrected chi connectivity index (χ4v) is 1.19. The Morgan fingerprint density at radius 1 is 1.80 bits per heavy atom. The molecule has 1 rings (SSSR count). The van der Waals surface area contributed by atoms with Gasteiger partial charge in [-0.05, 0) is 24.3 Å². The highest BCUT2D eigenvalue weighted by molar-refractivity contribution is 5.23. The van der Waals surface area contributed by atoms with Gasteiger partial charge in [0.25, 0.3) is 0 Å². The van der Waals surface area contributed by atoms with Crippen LogP contribution in [0.3, 0.4) is 0 Å². The van der Waals surface area contributed by atoms with Crippen LogP contribution in [0.4, 0.5) is 0 Å². The van der Waals surface area contributed by atoms with E-state index in [1.54, 1.807) is 0 Å². The van der Waals surface area contributed by atoms with Crippen molar-refractivity contribution in [3.8, 4) is 0 Å². The zero-order valence-electron chi connectivity index (χ0n) is 6.38. The number of allylic oxidation sites excluding steroid dienone is 1. The second kappa shape index (κ2) is 3.02. The summed E-state index contributed by atoms with van der Waals surface area (Å²) in [6.07, 6.45) is 5.74. The predicted molar refractivity (Wildman–Crippen MR) is 42.7 cm³/mol. The summed E-state index contributed by atoms with van der Waals surface area (Å²) in [5.41, 5.74) is 0.852. The molecule has 56 valence electrons. The highest BCUT2D eigenvalue weighted by Gasteiger charge is 2.16. The Morgan fingerprint density at radius 3 is 3.00 bits per heavy atom. The number of rotatable bonds is 1. The summed E-state index contributed by atoms with van der Waals surface area (Å²) in [6, 6.07) is 0. The van der Waals surface area contributed by atoms with Crippen molar-refractivity contribution < 1.29 is 5.11 Å². The highest BCUT2D eigenvalue weighted by atomic mass is 16.3. The molecule has 1 heteroatoms. The number of aliphatic hydroxyl groups excluding tert-OH is 1. The highest BCUT2D eigenvalue weighted by Crippen LogP contribution is 2.22. The molecular formula is C9H14O. The maximum atomic E-state index is 9.33. The topological polar surface area (TPSA) is 20.2 Å². The summed E-state index contributed by atoms with van der Waals surface area (Å²) in [5.74, 6) is 0.556. The van der Waals surface area contributed by atoms with E-state index in [0.717, 1.165) is 18.4 Å². The average molecular weight is 138 g/mol. The van der Waals surface area contributed by atoms with Crippen LogP contribution < -0.4 is 0 Å². The number of aliphatic hydroxyl groups is 1. The van der Waals surface area contributed by atoms with Gasteiger partial charge in [0, 0.05) is 0 Å². The lowest BCUT2D eigenvalue weighted by molar-refractivity contribution is 0.183. The van der Waals surface area contributed by atoms with Gasteiger partial charge >= 0.3 is 0 Å². The summed E-state index contributed by atoms with van der Waals surface area (Å²) >= 11 is 0. The molecule has 0 fully saturated rings. The molecule has 0 bridgehead atoms. The lowest BCUT2D eigenvalue weighted by Gasteiger charge is -2.20. The van der Waals surface area contributed by atoms with Gasteiger partial charge in [0.05, 0.1) is 6.10 Å². The van der Waals surface area contributed by atoms with E-state index in [-0.39, 0.29) is 6.10 Å². The molecule has 0 spiro atoms. The third kappa shape index (κ3) is 1.48. The fourth-order valence-electron chi connectivity index (χ4n) is 1.19. The first kappa shape index (κ1) is 7.55. The second-order valence-corrected chi connectivity index (χ2v) is 2.85. The van der Waals surface area contributed by atoms with Crippen molar-refractivity contribution in [3.05, 3.63) is 24.3 Å². The van der Waals surface area contributed by atoms with Gasteiger partial charge in [-0.25, -0.2) is 0 Å². The minimum atomic E-state index is -0.296. The van der Waals surface area contributed by atoms with Gasteiger partial charge in [0.2, 0.25) is 0 Å². The summed E-state index contributed by atoms with van der Waals surface area (Å²) in [4.78, 5) is 0. The van der Waals surface area contributed by atoms with Crippen LogP contribution in [0.15, 0.2) is 24.3 Å². The fraction of sp³-hybridized carbons (Fsp3) is 0.556. The maximum absolute atomic E-state index is 9.33. The Morgan fingerprint density at radius 2 is 2.50 bits per heavy atom. The van der Waals surface area contributed by atoms with Gasteiger partial charge in [-0.1, -0.05) is 25.7 Å². The van der Waals surface area contributed by atoms with E-state index in [2.05, 4.69) is 19.6 Å². The van der Waals surface area contributed by atoms with Crippen LogP contribution in [-0.2, 0) is 0 Å². The first-order valence-electron chi connectivity index (χ1n) is 3.79. The van der Waals surface area contributed by atoms with Crippen LogP contribution in [0, 0.1) is 5.92 Å². The summed E-state index contributed by atoms with van der Waals surface area (Å²) in [6.45, 7) is 5.86. The summed E-state index contributed by atoms with van der Waals surface area (Å²) < 4.78 is 0. The van der Waals surface area contributed by atoms with Crippen LogP contribution in [-0.4, -0.2) is 11.2 Å². The molecule has 0 amide bonds. The van der Waals surface area contributed by atoms with Crippen LogP contribution in [0.25, 0.3) is 0 Å². The summed E-state index contributed by atoms with van der Waals surface area (Å²) in [7, 11) is 0. The van der Waals surface area contributed by atoms with Crippen molar-refractivity contribution in [2.75, 3.05) is 0 Å². The Labute approximate surface area is 62.1 Å². The van der Waals surface area contributed by atoms with Crippen molar-refractivity contribution >= 4 is 0 Å². The molecule has 10 heavy (non-hydrogen) atoms. The van der Waals surface area contributed by atoms with Crippen molar-refractivity contribution in [3.63, 3.8) is 0 Å². The predicted octanol–water partition coefficient (Wildman–Crippen LogP) is 1.89. The van der Waals surface area contributed by atoms with Gasteiger partial charge in [0.15, 0.2) is 0 Å². The zero-order valence-corrected chi connectivity index (χ0v) is 6.38. The molecule has 0 aromatic rings. The van der Waals surface area contributed by atoms with E-state index in [0.29, 0.717) is 5.92 Å². The normalized spacial score (nSPS) is 32.8. The molecule has 0 saturated heterocycles. The van der Waals surface area contributed by atoms with Crippen molar-refractivity contribution in [2.24, 2.45) is 5.92 Å². The number of hydrogen-bond acceptors (Lipinski definition) is 1. The van der Waals surface area contributed by atoms with Crippen LogP contribution in [0.1, 0.15) is 19.8 Å². The van der Waals surface area contributed by atoms with E-state index in [1.165, 1.54) is 0 Å². The quantitative estimate of drug-likeness (QED) is 0.586.